The minimum absolute atomic E-state index is 0.498. The first-order valence-corrected chi connectivity index (χ1v) is 7.82. The van der Waals surface area contributed by atoms with Crippen molar-refractivity contribution in [2.45, 2.75) is 39.4 Å². The van der Waals surface area contributed by atoms with E-state index in [2.05, 4.69) is 42.2 Å². The van der Waals surface area contributed by atoms with E-state index in [9.17, 15) is 0 Å². The molecular weight excluding hydrogens is 284 g/mol. The summed E-state index contributed by atoms with van der Waals surface area (Å²) in [5.41, 5.74) is 3.68. The van der Waals surface area contributed by atoms with Crippen LogP contribution in [0.15, 0.2) is 30.6 Å². The number of ether oxygens (including phenoxy) is 1. The number of nitrogens with zero attached hydrogens (tertiary/aromatic N) is 1. The van der Waals surface area contributed by atoms with Gasteiger partial charge >= 0.3 is 0 Å². The lowest BCUT2D eigenvalue weighted by Gasteiger charge is -2.10. The number of halogens is 1. The third-order valence-electron chi connectivity index (χ3n) is 3.70. The fourth-order valence-electron chi connectivity index (χ4n) is 2.68. The summed E-state index contributed by atoms with van der Waals surface area (Å²) in [5, 5.41) is 4.23. The fourth-order valence-corrected chi connectivity index (χ4v) is 2.94. The molecule has 0 bridgehead atoms. The van der Waals surface area contributed by atoms with E-state index in [4.69, 9.17) is 16.3 Å². The number of aromatic nitrogens is 1. The van der Waals surface area contributed by atoms with Crippen LogP contribution in [-0.2, 0) is 19.5 Å². The summed E-state index contributed by atoms with van der Waals surface area (Å²) in [6, 6.07) is 6.68. The molecule has 1 aliphatic heterocycles. The van der Waals surface area contributed by atoms with Crippen LogP contribution in [0.4, 0.5) is 0 Å². The molecule has 1 aromatic carbocycles. The predicted molar refractivity (Wildman–Crippen MR) is 86.2 cm³/mol. The zero-order chi connectivity index (χ0) is 14.8. The van der Waals surface area contributed by atoms with Crippen molar-refractivity contribution in [3.8, 4) is 5.75 Å². The quantitative estimate of drug-likeness (QED) is 0.913. The minimum atomic E-state index is 0.498. The van der Waals surface area contributed by atoms with Crippen molar-refractivity contribution in [1.29, 1.82) is 0 Å². The molecule has 0 aliphatic carbocycles. The van der Waals surface area contributed by atoms with Crippen LogP contribution >= 0.6 is 11.6 Å². The molecule has 4 heteroatoms. The summed E-state index contributed by atoms with van der Waals surface area (Å²) in [7, 11) is 0. The van der Waals surface area contributed by atoms with E-state index < -0.39 is 0 Å². The van der Waals surface area contributed by atoms with Gasteiger partial charge in [0.05, 0.1) is 13.2 Å². The van der Waals surface area contributed by atoms with E-state index in [1.807, 2.05) is 12.1 Å². The molecule has 1 aliphatic rings. The Morgan fingerprint density at radius 3 is 3.05 bits per heavy atom. The van der Waals surface area contributed by atoms with Crippen LogP contribution in [0.25, 0.3) is 0 Å². The third kappa shape index (κ3) is 3.42. The Balaban J connectivity index is 1.75. The molecular formula is C17H21ClN2O. The van der Waals surface area contributed by atoms with Crippen LogP contribution in [0.5, 0.6) is 5.75 Å². The zero-order valence-electron chi connectivity index (χ0n) is 12.5. The van der Waals surface area contributed by atoms with Crippen LogP contribution in [0.2, 0.25) is 5.02 Å². The van der Waals surface area contributed by atoms with Gasteiger partial charge in [0.25, 0.3) is 0 Å². The first-order valence-electron chi connectivity index (χ1n) is 7.44. The second kappa shape index (κ2) is 6.12. The van der Waals surface area contributed by atoms with E-state index in [-0.39, 0.29) is 0 Å². The topological polar surface area (TPSA) is 26.2 Å². The Labute approximate surface area is 130 Å². The van der Waals surface area contributed by atoms with Gasteiger partial charge in [0.1, 0.15) is 5.75 Å². The monoisotopic (exact) mass is 304 g/mol. The molecule has 1 aromatic heterocycles. The number of rotatable bonds is 5. The van der Waals surface area contributed by atoms with E-state index >= 15 is 0 Å². The highest BCUT2D eigenvalue weighted by Gasteiger charge is 2.17. The molecule has 0 fully saturated rings. The summed E-state index contributed by atoms with van der Waals surface area (Å²) in [4.78, 5) is 0. The third-order valence-corrected chi connectivity index (χ3v) is 3.92. The van der Waals surface area contributed by atoms with E-state index in [0.29, 0.717) is 6.04 Å². The molecule has 112 valence electrons. The van der Waals surface area contributed by atoms with Gasteiger partial charge in [-0.25, -0.2) is 0 Å². The molecule has 0 spiro atoms. The van der Waals surface area contributed by atoms with Gasteiger partial charge in [-0.05, 0) is 29.3 Å². The fraction of sp³-hybridized carbons (Fsp3) is 0.412. The molecule has 3 rings (SSSR count). The highest BCUT2D eigenvalue weighted by molar-refractivity contribution is 6.30. The number of benzene rings is 1. The minimum Gasteiger partial charge on any atom is -0.493 e. The summed E-state index contributed by atoms with van der Waals surface area (Å²) in [6.07, 6.45) is 5.25. The van der Waals surface area contributed by atoms with Crippen molar-refractivity contribution in [3.63, 3.8) is 0 Å². The normalized spacial score (nSPS) is 13.5. The van der Waals surface area contributed by atoms with Gasteiger partial charge in [-0.2, -0.15) is 0 Å². The lowest BCUT2D eigenvalue weighted by molar-refractivity contribution is 0.352. The van der Waals surface area contributed by atoms with Gasteiger partial charge in [-0.1, -0.05) is 25.4 Å². The van der Waals surface area contributed by atoms with Crippen molar-refractivity contribution < 1.29 is 4.74 Å². The number of hydrogen-bond donors (Lipinski definition) is 1. The van der Waals surface area contributed by atoms with Crippen LogP contribution in [0.1, 0.15) is 30.5 Å². The maximum Gasteiger partial charge on any atom is 0.127 e. The molecule has 0 radical (unpaired) electrons. The molecule has 21 heavy (non-hydrogen) atoms. The maximum atomic E-state index is 6.21. The van der Waals surface area contributed by atoms with Crippen LogP contribution in [0, 0.1) is 0 Å². The van der Waals surface area contributed by atoms with Gasteiger partial charge in [0.15, 0.2) is 0 Å². The molecule has 3 nitrogen and oxygen atoms in total. The lowest BCUT2D eigenvalue weighted by atomic mass is 10.1. The average Bonchev–Trinajstić information content (AvgIpc) is 3.05. The van der Waals surface area contributed by atoms with E-state index in [1.54, 1.807) is 0 Å². The zero-order valence-corrected chi connectivity index (χ0v) is 13.3. The Hall–Kier alpha value is -1.45. The molecule has 1 N–H and O–H groups in total. The van der Waals surface area contributed by atoms with Gasteiger partial charge in [-0.3, -0.25) is 0 Å². The molecule has 0 unspecified atom stereocenters. The Bertz CT molecular complexity index is 634. The second-order valence-corrected chi connectivity index (χ2v) is 6.32. The maximum absolute atomic E-state index is 6.21. The lowest BCUT2D eigenvalue weighted by Crippen LogP contribution is -2.21. The van der Waals surface area contributed by atoms with Crippen molar-refractivity contribution in [3.05, 3.63) is 52.3 Å². The Kier molecular flexibility index (Phi) is 4.22. The molecule has 0 saturated carbocycles. The van der Waals surface area contributed by atoms with Crippen molar-refractivity contribution in [1.82, 2.24) is 9.88 Å². The molecule has 2 aromatic rings. The Morgan fingerprint density at radius 2 is 2.24 bits per heavy atom. The van der Waals surface area contributed by atoms with Crippen LogP contribution < -0.4 is 10.1 Å². The first-order chi connectivity index (χ1) is 10.1. The number of nitrogens with one attached hydrogen (secondary N) is 1. The van der Waals surface area contributed by atoms with E-state index in [1.165, 1.54) is 11.1 Å². The molecule has 2 heterocycles. The molecule has 0 atom stereocenters. The highest BCUT2D eigenvalue weighted by Crippen LogP contribution is 2.33. The molecule has 0 saturated heterocycles. The number of hydrogen-bond acceptors (Lipinski definition) is 2. The van der Waals surface area contributed by atoms with E-state index in [0.717, 1.165) is 42.5 Å². The largest absolute Gasteiger partial charge is 0.493 e. The summed E-state index contributed by atoms with van der Waals surface area (Å²) >= 11 is 6.21. The Morgan fingerprint density at radius 1 is 1.38 bits per heavy atom. The predicted octanol–water partition coefficient (Wildman–Crippen LogP) is 3.62. The SMILES string of the molecule is CC(C)NCc1ccn(Cc2cc(Cl)cc3c2OCC3)c1. The molecule has 0 amide bonds. The average molecular weight is 305 g/mol. The van der Waals surface area contributed by atoms with Crippen LogP contribution in [-0.4, -0.2) is 17.2 Å². The summed E-state index contributed by atoms with van der Waals surface area (Å²) in [6.45, 7) is 6.77. The van der Waals surface area contributed by atoms with Gasteiger partial charge in [0, 0.05) is 42.0 Å². The summed E-state index contributed by atoms with van der Waals surface area (Å²) in [5.74, 6) is 1.02. The highest BCUT2D eigenvalue weighted by atomic mass is 35.5. The van der Waals surface area contributed by atoms with Crippen molar-refractivity contribution in [2.24, 2.45) is 0 Å². The van der Waals surface area contributed by atoms with Crippen molar-refractivity contribution >= 4 is 11.6 Å². The standard InChI is InChI=1S/C17H21ClN2O/c1-12(2)19-9-13-3-5-20(10-13)11-15-8-16(18)7-14-4-6-21-17(14)15/h3,5,7-8,10,12,19H,4,6,9,11H2,1-2H3. The second-order valence-electron chi connectivity index (χ2n) is 5.88. The van der Waals surface area contributed by atoms with Crippen molar-refractivity contribution in [2.75, 3.05) is 6.61 Å². The first kappa shape index (κ1) is 14.5. The smallest absolute Gasteiger partial charge is 0.127 e. The van der Waals surface area contributed by atoms with Gasteiger partial charge in [-0.15, -0.1) is 0 Å². The number of fused-ring (bicyclic) bond motifs is 1. The summed E-state index contributed by atoms with van der Waals surface area (Å²) < 4.78 is 7.94. The van der Waals surface area contributed by atoms with Crippen LogP contribution in [0.3, 0.4) is 0 Å². The van der Waals surface area contributed by atoms with Gasteiger partial charge in [0.2, 0.25) is 0 Å². The van der Waals surface area contributed by atoms with Gasteiger partial charge < -0.3 is 14.6 Å².